The Hall–Kier alpha value is -2.12. The molecular formula is C24H26Cl2N2O4. The Morgan fingerprint density at radius 3 is 2.41 bits per heavy atom. The van der Waals surface area contributed by atoms with Crippen LogP contribution in [0.2, 0.25) is 10.0 Å². The quantitative estimate of drug-likeness (QED) is 0.627. The van der Waals surface area contributed by atoms with Crippen LogP contribution in [0.5, 0.6) is 0 Å². The topological polar surface area (TPSA) is 59.1 Å². The second-order valence-corrected chi connectivity index (χ2v) is 8.90. The first kappa shape index (κ1) is 23.1. The Morgan fingerprint density at radius 2 is 1.69 bits per heavy atom. The molecular weight excluding hydrogens is 451 g/mol. The van der Waals surface area contributed by atoms with Crippen molar-refractivity contribution >= 4 is 35.0 Å². The van der Waals surface area contributed by atoms with Gasteiger partial charge in [0.1, 0.15) is 0 Å². The maximum atomic E-state index is 13.2. The first-order valence-corrected chi connectivity index (χ1v) is 11.6. The minimum absolute atomic E-state index is 0.0280. The van der Waals surface area contributed by atoms with Gasteiger partial charge in [0.15, 0.2) is 0 Å². The molecule has 2 fully saturated rings. The zero-order chi connectivity index (χ0) is 22.5. The molecule has 2 amide bonds. The first-order valence-electron chi connectivity index (χ1n) is 10.8. The van der Waals surface area contributed by atoms with Crippen LogP contribution in [0.4, 0.5) is 0 Å². The first-order chi connectivity index (χ1) is 15.5. The van der Waals surface area contributed by atoms with Crippen LogP contribution in [0, 0.1) is 0 Å². The van der Waals surface area contributed by atoms with Gasteiger partial charge in [-0.1, -0.05) is 41.4 Å². The standard InChI is InChI=1S/C24H26Cl2N2O4/c25-21-9-8-18(13-22(21)26)24(30)27-10-12-32-20(15-27)16-28(14-19-7-4-11-31-19)23(29)17-5-2-1-3-6-17/h1-3,5-6,8-9,13,19-20H,4,7,10-12,14-16H2/t19-,20-/m1/s1. The minimum Gasteiger partial charge on any atom is -0.376 e. The van der Waals surface area contributed by atoms with E-state index in [0.29, 0.717) is 54.0 Å². The maximum Gasteiger partial charge on any atom is 0.254 e. The van der Waals surface area contributed by atoms with Gasteiger partial charge in [0.25, 0.3) is 11.8 Å². The van der Waals surface area contributed by atoms with Crippen LogP contribution in [0.15, 0.2) is 48.5 Å². The number of carbonyl (C=O) groups is 2. The van der Waals surface area contributed by atoms with Crippen molar-refractivity contribution in [2.24, 2.45) is 0 Å². The average molecular weight is 477 g/mol. The van der Waals surface area contributed by atoms with E-state index >= 15 is 0 Å². The third kappa shape index (κ3) is 5.62. The number of amides is 2. The van der Waals surface area contributed by atoms with Crippen LogP contribution in [0.1, 0.15) is 33.6 Å². The number of ether oxygens (including phenoxy) is 2. The van der Waals surface area contributed by atoms with Gasteiger partial charge >= 0.3 is 0 Å². The fraction of sp³-hybridized carbons (Fsp3) is 0.417. The average Bonchev–Trinajstić information content (AvgIpc) is 3.33. The van der Waals surface area contributed by atoms with E-state index in [1.165, 1.54) is 0 Å². The third-order valence-electron chi connectivity index (χ3n) is 5.77. The van der Waals surface area contributed by atoms with Gasteiger partial charge in [-0.25, -0.2) is 0 Å². The normalized spacial score (nSPS) is 20.9. The van der Waals surface area contributed by atoms with Gasteiger partial charge in [-0.05, 0) is 43.2 Å². The molecule has 0 spiro atoms. The summed E-state index contributed by atoms with van der Waals surface area (Å²) in [6.45, 7) is 2.90. The highest BCUT2D eigenvalue weighted by atomic mass is 35.5. The lowest BCUT2D eigenvalue weighted by molar-refractivity contribution is -0.0375. The van der Waals surface area contributed by atoms with Gasteiger partial charge in [0, 0.05) is 43.9 Å². The predicted octanol–water partition coefficient (Wildman–Crippen LogP) is 4.16. The maximum absolute atomic E-state index is 13.2. The molecule has 0 aromatic heterocycles. The van der Waals surface area contributed by atoms with E-state index < -0.39 is 0 Å². The van der Waals surface area contributed by atoms with Crippen molar-refractivity contribution < 1.29 is 19.1 Å². The molecule has 2 saturated heterocycles. The number of nitrogens with zero attached hydrogens (tertiary/aromatic N) is 2. The van der Waals surface area contributed by atoms with Crippen LogP contribution < -0.4 is 0 Å². The Bertz CT molecular complexity index is 950. The van der Waals surface area contributed by atoms with Crippen molar-refractivity contribution in [3.63, 3.8) is 0 Å². The Labute approximate surface area is 198 Å². The lowest BCUT2D eigenvalue weighted by Gasteiger charge is -2.36. The van der Waals surface area contributed by atoms with Gasteiger partial charge in [0.2, 0.25) is 0 Å². The van der Waals surface area contributed by atoms with E-state index in [4.69, 9.17) is 32.7 Å². The van der Waals surface area contributed by atoms with E-state index in [9.17, 15) is 9.59 Å². The Kier molecular flexibility index (Phi) is 7.68. The summed E-state index contributed by atoms with van der Waals surface area (Å²) in [5.41, 5.74) is 1.11. The summed E-state index contributed by atoms with van der Waals surface area (Å²) in [6.07, 6.45) is 1.68. The number of halogens is 2. The molecule has 32 heavy (non-hydrogen) atoms. The second-order valence-electron chi connectivity index (χ2n) is 8.08. The van der Waals surface area contributed by atoms with Crippen LogP contribution in [-0.4, -0.2) is 73.2 Å². The second kappa shape index (κ2) is 10.7. The van der Waals surface area contributed by atoms with Crippen molar-refractivity contribution in [3.05, 3.63) is 69.7 Å². The lowest BCUT2D eigenvalue weighted by Crippen LogP contribution is -2.51. The van der Waals surface area contributed by atoms with E-state index in [1.807, 2.05) is 30.3 Å². The van der Waals surface area contributed by atoms with E-state index in [0.717, 1.165) is 19.4 Å². The molecule has 2 aliphatic heterocycles. The summed E-state index contributed by atoms with van der Waals surface area (Å²) in [7, 11) is 0. The number of carbonyl (C=O) groups excluding carboxylic acids is 2. The van der Waals surface area contributed by atoms with Crippen molar-refractivity contribution in [1.29, 1.82) is 0 Å². The van der Waals surface area contributed by atoms with Gasteiger partial charge in [0.05, 0.1) is 28.9 Å². The monoisotopic (exact) mass is 476 g/mol. The summed E-state index contributed by atoms with van der Waals surface area (Å²) < 4.78 is 11.7. The van der Waals surface area contributed by atoms with Crippen molar-refractivity contribution in [3.8, 4) is 0 Å². The van der Waals surface area contributed by atoms with Crippen molar-refractivity contribution in [1.82, 2.24) is 9.80 Å². The Morgan fingerprint density at radius 1 is 0.938 bits per heavy atom. The summed E-state index contributed by atoms with van der Waals surface area (Å²) in [4.78, 5) is 29.8. The molecule has 0 bridgehead atoms. The molecule has 0 saturated carbocycles. The van der Waals surface area contributed by atoms with Gasteiger partial charge < -0.3 is 19.3 Å². The van der Waals surface area contributed by atoms with E-state index in [1.54, 1.807) is 28.0 Å². The lowest BCUT2D eigenvalue weighted by atomic mass is 10.1. The highest BCUT2D eigenvalue weighted by molar-refractivity contribution is 6.42. The third-order valence-corrected chi connectivity index (χ3v) is 6.51. The highest BCUT2D eigenvalue weighted by Crippen LogP contribution is 2.24. The van der Waals surface area contributed by atoms with Gasteiger partial charge in [-0.15, -0.1) is 0 Å². The summed E-state index contributed by atoms with van der Waals surface area (Å²) in [5.74, 6) is -0.186. The number of benzene rings is 2. The summed E-state index contributed by atoms with van der Waals surface area (Å²) in [5, 5.41) is 0.755. The van der Waals surface area contributed by atoms with Gasteiger partial charge in [-0.3, -0.25) is 9.59 Å². The molecule has 0 unspecified atom stereocenters. The Balaban J connectivity index is 1.45. The summed E-state index contributed by atoms with van der Waals surface area (Å²) >= 11 is 12.1. The molecule has 4 rings (SSSR count). The van der Waals surface area contributed by atoms with E-state index in [2.05, 4.69) is 0 Å². The van der Waals surface area contributed by atoms with Crippen molar-refractivity contribution in [2.45, 2.75) is 25.0 Å². The van der Waals surface area contributed by atoms with Crippen LogP contribution in [0.25, 0.3) is 0 Å². The molecule has 2 heterocycles. The predicted molar refractivity (Wildman–Crippen MR) is 123 cm³/mol. The summed E-state index contributed by atoms with van der Waals surface area (Å²) in [6, 6.07) is 14.1. The fourth-order valence-corrected chi connectivity index (χ4v) is 4.41. The number of morpholine rings is 1. The molecule has 0 radical (unpaired) electrons. The molecule has 2 aromatic rings. The molecule has 170 valence electrons. The largest absolute Gasteiger partial charge is 0.376 e. The number of hydrogen-bond donors (Lipinski definition) is 0. The minimum atomic E-state index is -0.287. The number of hydrogen-bond acceptors (Lipinski definition) is 4. The molecule has 6 nitrogen and oxygen atoms in total. The zero-order valence-electron chi connectivity index (χ0n) is 17.7. The van der Waals surface area contributed by atoms with Gasteiger partial charge in [-0.2, -0.15) is 0 Å². The molecule has 0 N–H and O–H groups in total. The van der Waals surface area contributed by atoms with Crippen LogP contribution >= 0.6 is 23.2 Å². The van der Waals surface area contributed by atoms with Crippen molar-refractivity contribution in [2.75, 3.05) is 39.4 Å². The highest BCUT2D eigenvalue weighted by Gasteiger charge is 2.30. The van der Waals surface area contributed by atoms with Crippen LogP contribution in [-0.2, 0) is 9.47 Å². The number of rotatable bonds is 6. The SMILES string of the molecule is O=C(c1ccc(Cl)c(Cl)c1)N1CCO[C@@H](CN(C[C@H]2CCCO2)C(=O)c2ccccc2)C1. The molecule has 0 aliphatic carbocycles. The zero-order valence-corrected chi connectivity index (χ0v) is 19.2. The fourth-order valence-electron chi connectivity index (χ4n) is 4.11. The molecule has 2 aromatic carbocycles. The molecule has 2 atom stereocenters. The molecule has 2 aliphatic rings. The van der Waals surface area contributed by atoms with Crippen LogP contribution in [0.3, 0.4) is 0 Å². The smallest absolute Gasteiger partial charge is 0.254 e. The van der Waals surface area contributed by atoms with E-state index in [-0.39, 0.29) is 24.0 Å². The molecule has 8 heteroatoms.